The summed E-state index contributed by atoms with van der Waals surface area (Å²) in [5.74, 6) is -11.7. The highest BCUT2D eigenvalue weighted by Gasteiger charge is 2.61. The Morgan fingerprint density at radius 1 is 1.00 bits per heavy atom. The summed E-state index contributed by atoms with van der Waals surface area (Å²) in [7, 11) is 0. The van der Waals surface area contributed by atoms with Gasteiger partial charge < -0.3 is 4.74 Å². The lowest BCUT2D eigenvalue weighted by Gasteiger charge is -2.33. The lowest BCUT2D eigenvalue weighted by molar-refractivity contribution is -0.415. The first kappa shape index (κ1) is 20.3. The van der Waals surface area contributed by atoms with Crippen molar-refractivity contribution in [2.24, 2.45) is 5.92 Å². The van der Waals surface area contributed by atoms with Gasteiger partial charge in [-0.2, -0.15) is 26.3 Å². The zero-order valence-corrected chi connectivity index (χ0v) is 11.1. The van der Waals surface area contributed by atoms with E-state index in [1.54, 1.807) is 0 Å². The number of alkyl halides is 9. The summed E-state index contributed by atoms with van der Waals surface area (Å²) in [5, 5.41) is 0. The van der Waals surface area contributed by atoms with Crippen molar-refractivity contribution in [1.82, 2.24) is 0 Å². The molecule has 1 aliphatic rings. The fourth-order valence-electron chi connectivity index (χ4n) is 1.88. The predicted molar refractivity (Wildman–Crippen MR) is 53.9 cm³/mol. The largest absolute Gasteiger partial charge is 0.525 e. The van der Waals surface area contributed by atoms with Crippen molar-refractivity contribution in [3.05, 3.63) is 12.8 Å². The van der Waals surface area contributed by atoms with E-state index in [9.17, 15) is 43.9 Å². The van der Waals surface area contributed by atoms with Gasteiger partial charge in [-0.3, -0.25) is 0 Å². The number of rotatable bonds is 6. The minimum absolute atomic E-state index is 0.0868. The van der Waals surface area contributed by atoms with Gasteiger partial charge in [0.25, 0.3) is 5.85 Å². The molecule has 0 saturated heterocycles. The number of halogens is 10. The van der Waals surface area contributed by atoms with Crippen molar-refractivity contribution in [1.29, 1.82) is 0 Å². The molecule has 0 spiro atoms. The second-order valence-corrected chi connectivity index (χ2v) is 4.76. The summed E-state index contributed by atoms with van der Waals surface area (Å²) >= 11 is 0. The van der Waals surface area contributed by atoms with E-state index in [4.69, 9.17) is 0 Å². The van der Waals surface area contributed by atoms with Gasteiger partial charge in [-0.05, 0) is 25.7 Å². The van der Waals surface area contributed by atoms with Crippen molar-refractivity contribution in [3.63, 3.8) is 0 Å². The summed E-state index contributed by atoms with van der Waals surface area (Å²) in [5.41, 5.74) is 0. The van der Waals surface area contributed by atoms with E-state index in [1.807, 2.05) is 0 Å². The highest BCUT2D eigenvalue weighted by atomic mass is 19.4. The lowest BCUT2D eigenvalue weighted by atomic mass is 9.98. The minimum Gasteiger partial charge on any atom is -0.330 e. The zero-order valence-electron chi connectivity index (χ0n) is 11.1. The highest BCUT2D eigenvalue weighted by molar-refractivity contribution is 4.99. The van der Waals surface area contributed by atoms with E-state index in [1.165, 1.54) is 6.42 Å². The van der Waals surface area contributed by atoms with E-state index < -0.39 is 49.6 Å². The lowest BCUT2D eigenvalue weighted by Crippen LogP contribution is -2.47. The molecule has 0 aliphatic heterocycles. The molecule has 2 nitrogen and oxygen atoms in total. The Bertz CT molecular complexity index is 387. The third-order valence-electron chi connectivity index (χ3n) is 3.02. The molecule has 0 bridgehead atoms. The average molecular weight is 364 g/mol. The molecule has 1 aliphatic carbocycles. The number of hydrogen-bond acceptors (Lipinski definition) is 2. The van der Waals surface area contributed by atoms with Crippen LogP contribution < -0.4 is 0 Å². The topological polar surface area (TPSA) is 18.5 Å². The van der Waals surface area contributed by atoms with Gasteiger partial charge in [0.05, 0.1) is 0 Å². The van der Waals surface area contributed by atoms with E-state index in [2.05, 4.69) is 9.47 Å². The van der Waals surface area contributed by atoms with Crippen molar-refractivity contribution in [2.75, 3.05) is 6.61 Å². The van der Waals surface area contributed by atoms with Crippen LogP contribution in [-0.4, -0.2) is 30.9 Å². The first-order valence-electron chi connectivity index (χ1n) is 6.07. The summed E-state index contributed by atoms with van der Waals surface area (Å²) in [4.78, 5) is 0. The first-order valence-corrected chi connectivity index (χ1v) is 6.07. The van der Waals surface area contributed by atoms with Crippen LogP contribution in [0, 0.1) is 18.7 Å². The smallest absolute Gasteiger partial charge is 0.330 e. The van der Waals surface area contributed by atoms with E-state index in [-0.39, 0.29) is 12.8 Å². The molecule has 1 saturated carbocycles. The van der Waals surface area contributed by atoms with Crippen molar-refractivity contribution in [3.8, 4) is 0 Å². The van der Waals surface area contributed by atoms with Gasteiger partial charge in [-0.15, -0.1) is 13.2 Å². The summed E-state index contributed by atoms with van der Waals surface area (Å²) < 4.78 is 131. The van der Waals surface area contributed by atoms with Gasteiger partial charge >= 0.3 is 24.8 Å². The van der Waals surface area contributed by atoms with Gasteiger partial charge in [0.2, 0.25) is 0 Å². The molecule has 12 heteroatoms. The number of hydrogen-bond donors (Lipinski definition) is 0. The SMILES string of the molecule is F[C](OCC(F)(F)C(F)(F)F)C(F)(OC(F)(F)F)C1C[CH]CC1. The maximum absolute atomic E-state index is 14.2. The second kappa shape index (κ2) is 6.61. The Labute approximate surface area is 123 Å². The molecule has 0 aromatic carbocycles. The summed E-state index contributed by atoms with van der Waals surface area (Å²) in [6.07, 6.45) is -14.0. The van der Waals surface area contributed by atoms with E-state index >= 15 is 0 Å². The molecule has 0 N–H and O–H groups in total. The van der Waals surface area contributed by atoms with Crippen LogP contribution in [0.1, 0.15) is 19.3 Å². The first-order chi connectivity index (χ1) is 10.2. The Hall–Kier alpha value is -0.780. The van der Waals surface area contributed by atoms with E-state index in [0.29, 0.717) is 0 Å². The highest BCUT2D eigenvalue weighted by Crippen LogP contribution is 2.47. The quantitative estimate of drug-likeness (QED) is 0.627. The van der Waals surface area contributed by atoms with Gasteiger partial charge in [-0.1, -0.05) is 0 Å². The molecular formula is C11H10F10O2. The van der Waals surface area contributed by atoms with Crippen molar-refractivity contribution >= 4 is 0 Å². The normalized spacial score (nSPS) is 21.0. The molecule has 1 fully saturated rings. The van der Waals surface area contributed by atoms with Gasteiger partial charge in [-0.25, -0.2) is 9.13 Å². The monoisotopic (exact) mass is 364 g/mol. The van der Waals surface area contributed by atoms with Crippen molar-refractivity contribution in [2.45, 2.75) is 43.6 Å². The third kappa shape index (κ3) is 5.10. The molecule has 0 aromatic heterocycles. The van der Waals surface area contributed by atoms with Crippen LogP contribution in [0.25, 0.3) is 0 Å². The summed E-state index contributed by atoms with van der Waals surface area (Å²) in [6, 6.07) is 0. The van der Waals surface area contributed by atoms with E-state index in [0.717, 1.165) is 0 Å². The molecule has 0 heterocycles. The van der Waals surface area contributed by atoms with Crippen LogP contribution in [-0.2, 0) is 9.47 Å². The second-order valence-electron chi connectivity index (χ2n) is 4.76. The standard InChI is InChI=1S/C11H10F10O2/c12-7(22-5-8(13,14)10(16,17)18)9(15,23-11(19,20)21)6-3-1-2-4-6/h1,6H,2-5H2. The molecule has 136 valence electrons. The molecule has 23 heavy (non-hydrogen) atoms. The van der Waals surface area contributed by atoms with Gasteiger partial charge in [0.15, 0.2) is 0 Å². The Morgan fingerprint density at radius 3 is 1.96 bits per heavy atom. The van der Waals surface area contributed by atoms with Crippen LogP contribution in [0.5, 0.6) is 0 Å². The molecule has 1 rings (SSSR count). The molecule has 2 atom stereocenters. The molecular weight excluding hydrogens is 354 g/mol. The zero-order chi connectivity index (χ0) is 18.1. The summed E-state index contributed by atoms with van der Waals surface area (Å²) in [6.45, 7) is -2.72. The number of ether oxygens (including phenoxy) is 2. The molecule has 0 amide bonds. The van der Waals surface area contributed by atoms with Crippen LogP contribution in [0.4, 0.5) is 43.9 Å². The van der Waals surface area contributed by atoms with Crippen LogP contribution in [0.15, 0.2) is 0 Å². The van der Waals surface area contributed by atoms with Crippen LogP contribution in [0.2, 0.25) is 0 Å². The Morgan fingerprint density at radius 2 is 1.57 bits per heavy atom. The van der Waals surface area contributed by atoms with Crippen LogP contribution >= 0.6 is 0 Å². The Balaban J connectivity index is 2.86. The van der Waals surface area contributed by atoms with Crippen LogP contribution in [0.3, 0.4) is 0 Å². The molecule has 0 aromatic rings. The maximum atomic E-state index is 14.2. The Kier molecular flexibility index (Phi) is 5.83. The maximum Gasteiger partial charge on any atom is 0.525 e. The third-order valence-corrected chi connectivity index (χ3v) is 3.02. The van der Waals surface area contributed by atoms with Gasteiger partial charge in [0.1, 0.15) is 6.61 Å². The van der Waals surface area contributed by atoms with Gasteiger partial charge in [0, 0.05) is 5.92 Å². The predicted octanol–water partition coefficient (Wildman–Crippen LogP) is 4.87. The average Bonchev–Trinajstić information content (AvgIpc) is 2.86. The fraction of sp³-hybridized carbons (Fsp3) is 0.818. The minimum atomic E-state index is -6.14. The molecule has 2 radical (unpaired) electrons. The molecule has 2 unspecified atom stereocenters. The fourth-order valence-corrected chi connectivity index (χ4v) is 1.88. The van der Waals surface area contributed by atoms with Crippen molar-refractivity contribution < 1.29 is 53.4 Å².